The van der Waals surface area contributed by atoms with Crippen LogP contribution in [0.5, 0.6) is 0 Å². The third kappa shape index (κ3) is 7.11. The molecule has 0 rings (SSSR count). The molecule has 0 aliphatic rings. The Bertz CT molecular complexity index is 232. The monoisotopic (exact) mass is 262 g/mol. The third-order valence-corrected chi connectivity index (χ3v) is 4.74. The van der Waals surface area contributed by atoms with Gasteiger partial charge in [0.25, 0.3) is 0 Å². The van der Waals surface area contributed by atoms with Crippen LogP contribution in [0.3, 0.4) is 0 Å². The molecule has 0 spiro atoms. The van der Waals surface area contributed by atoms with Gasteiger partial charge in [-0.3, -0.25) is 0 Å². The first kappa shape index (κ1) is 16.1. The summed E-state index contributed by atoms with van der Waals surface area (Å²) in [5.41, 5.74) is 4.95. The molecule has 17 heavy (non-hydrogen) atoms. The van der Waals surface area contributed by atoms with Gasteiger partial charge >= 0.3 is 14.8 Å². The molecule has 0 saturated carbocycles. The number of primary amides is 1. The zero-order chi connectivity index (χ0) is 13.1. The number of hydrogen-bond donors (Lipinski definition) is 2. The van der Waals surface area contributed by atoms with Crippen LogP contribution in [0, 0.1) is 0 Å². The van der Waals surface area contributed by atoms with E-state index in [0.29, 0.717) is 32.4 Å². The van der Waals surface area contributed by atoms with E-state index in [1.807, 2.05) is 13.8 Å². The molecule has 0 fully saturated rings. The van der Waals surface area contributed by atoms with Crippen molar-refractivity contribution in [3.8, 4) is 0 Å². The van der Waals surface area contributed by atoms with Crippen LogP contribution < -0.4 is 11.1 Å². The Morgan fingerprint density at radius 2 is 1.94 bits per heavy atom. The molecule has 2 amide bonds. The minimum absolute atomic E-state index is 0.309. The fourth-order valence-electron chi connectivity index (χ4n) is 1.30. The van der Waals surface area contributed by atoms with Crippen molar-refractivity contribution < 1.29 is 18.1 Å². The molecule has 100 valence electrons. The van der Waals surface area contributed by atoms with Crippen LogP contribution in [-0.2, 0) is 13.3 Å². The molecule has 0 aliphatic carbocycles. The van der Waals surface area contributed by atoms with Crippen LogP contribution in [0.1, 0.15) is 13.8 Å². The molecule has 6 nitrogen and oxygen atoms in total. The van der Waals surface area contributed by atoms with Gasteiger partial charge in [-0.1, -0.05) is 6.08 Å². The Hall–Kier alpha value is -0.893. The van der Waals surface area contributed by atoms with E-state index in [4.69, 9.17) is 19.0 Å². The van der Waals surface area contributed by atoms with Gasteiger partial charge in [0.05, 0.1) is 6.61 Å². The number of nitrogens with two attached hydrogens (primary N) is 1. The molecule has 0 aromatic rings. The smallest absolute Gasteiger partial charge is 0.374 e. The topological polar surface area (TPSA) is 82.8 Å². The number of nitrogens with one attached hydrogen (secondary N) is 1. The van der Waals surface area contributed by atoms with E-state index in [9.17, 15) is 4.79 Å². The summed E-state index contributed by atoms with van der Waals surface area (Å²) in [7, 11) is -2.68. The lowest BCUT2D eigenvalue weighted by Crippen LogP contribution is -2.47. The van der Waals surface area contributed by atoms with E-state index in [1.165, 1.54) is 0 Å². The van der Waals surface area contributed by atoms with Gasteiger partial charge in [-0.05, 0) is 13.8 Å². The standard InChI is InChI=1S/C10H22N2O4Si/c1-4-9-17(14-5-2,15-6-3)16-8-7-12-10(11)13/h4H,1,5-9H2,2-3H3,(H3,11,12,13). The van der Waals surface area contributed by atoms with Gasteiger partial charge < -0.3 is 24.3 Å². The summed E-state index contributed by atoms with van der Waals surface area (Å²) >= 11 is 0. The van der Waals surface area contributed by atoms with E-state index < -0.39 is 14.8 Å². The molecule has 0 atom stereocenters. The van der Waals surface area contributed by atoms with Crippen LogP contribution in [0.25, 0.3) is 0 Å². The molecule has 7 heteroatoms. The zero-order valence-electron chi connectivity index (χ0n) is 10.5. The predicted molar refractivity (Wildman–Crippen MR) is 67.5 cm³/mol. The number of carbonyl (C=O) groups is 1. The Morgan fingerprint density at radius 3 is 2.35 bits per heavy atom. The van der Waals surface area contributed by atoms with Crippen molar-refractivity contribution in [2.75, 3.05) is 26.4 Å². The Balaban J connectivity index is 4.22. The van der Waals surface area contributed by atoms with E-state index in [1.54, 1.807) is 6.08 Å². The minimum Gasteiger partial charge on any atom is -0.374 e. The second kappa shape index (κ2) is 9.17. The molecule has 0 heterocycles. The fraction of sp³-hybridized carbons (Fsp3) is 0.700. The number of hydrogen-bond acceptors (Lipinski definition) is 4. The van der Waals surface area contributed by atoms with Gasteiger partial charge in [0, 0.05) is 25.8 Å². The first-order valence-electron chi connectivity index (χ1n) is 5.66. The van der Waals surface area contributed by atoms with Gasteiger partial charge in [0.1, 0.15) is 0 Å². The van der Waals surface area contributed by atoms with E-state index >= 15 is 0 Å². The first-order valence-corrected chi connectivity index (χ1v) is 7.59. The summed E-state index contributed by atoms with van der Waals surface area (Å²) < 4.78 is 16.8. The molecule has 3 N–H and O–H groups in total. The van der Waals surface area contributed by atoms with Crippen molar-refractivity contribution in [3.63, 3.8) is 0 Å². The quantitative estimate of drug-likeness (QED) is 0.348. The maximum Gasteiger partial charge on any atom is 0.504 e. The Labute approximate surface area is 103 Å². The van der Waals surface area contributed by atoms with Gasteiger partial charge in [0.2, 0.25) is 0 Å². The number of carbonyl (C=O) groups excluding carboxylic acids is 1. The normalized spacial score (nSPS) is 11.2. The maximum absolute atomic E-state index is 10.5. The largest absolute Gasteiger partial charge is 0.504 e. The van der Waals surface area contributed by atoms with Crippen LogP contribution in [0.4, 0.5) is 4.79 Å². The minimum atomic E-state index is -2.68. The van der Waals surface area contributed by atoms with Gasteiger partial charge in [-0.2, -0.15) is 0 Å². The lowest BCUT2D eigenvalue weighted by molar-refractivity contribution is 0.0711. The number of amides is 2. The van der Waals surface area contributed by atoms with Gasteiger partial charge in [-0.25, -0.2) is 4.79 Å². The Kier molecular flexibility index (Phi) is 8.69. The van der Waals surface area contributed by atoms with Crippen LogP contribution in [-0.4, -0.2) is 41.2 Å². The third-order valence-electron chi connectivity index (χ3n) is 1.85. The molecular weight excluding hydrogens is 240 g/mol. The molecule has 0 aromatic carbocycles. The van der Waals surface area contributed by atoms with Crippen LogP contribution in [0.2, 0.25) is 6.04 Å². The average molecular weight is 262 g/mol. The average Bonchev–Trinajstić information content (AvgIpc) is 2.25. The number of allylic oxidation sites excluding steroid dienone is 1. The molecule has 0 aliphatic heterocycles. The maximum atomic E-state index is 10.5. The van der Waals surface area contributed by atoms with Crippen LogP contribution >= 0.6 is 0 Å². The predicted octanol–water partition coefficient (Wildman–Crippen LogP) is 0.869. The second-order valence-corrected chi connectivity index (χ2v) is 5.82. The van der Waals surface area contributed by atoms with Crippen molar-refractivity contribution in [1.82, 2.24) is 5.32 Å². The van der Waals surface area contributed by atoms with E-state index in [0.717, 1.165) is 0 Å². The summed E-state index contributed by atoms with van der Waals surface area (Å²) in [5.74, 6) is 0. The van der Waals surface area contributed by atoms with Gasteiger partial charge in [0.15, 0.2) is 0 Å². The molecule has 0 bridgehead atoms. The lowest BCUT2D eigenvalue weighted by Gasteiger charge is -2.27. The molecular formula is C10H22N2O4Si. The van der Waals surface area contributed by atoms with Crippen molar-refractivity contribution in [2.45, 2.75) is 19.9 Å². The molecule has 0 saturated heterocycles. The molecule has 0 unspecified atom stereocenters. The summed E-state index contributed by atoms with van der Waals surface area (Å²) in [5, 5.41) is 2.44. The van der Waals surface area contributed by atoms with Crippen LogP contribution in [0.15, 0.2) is 12.7 Å². The summed E-state index contributed by atoms with van der Waals surface area (Å²) in [6, 6.07) is -0.0250. The van der Waals surface area contributed by atoms with Crippen molar-refractivity contribution in [2.24, 2.45) is 5.73 Å². The van der Waals surface area contributed by atoms with Crippen molar-refractivity contribution >= 4 is 14.8 Å². The molecule has 0 radical (unpaired) electrons. The highest BCUT2D eigenvalue weighted by Crippen LogP contribution is 2.15. The SMILES string of the molecule is C=CC[Si](OCC)(OCC)OCCNC(N)=O. The zero-order valence-corrected chi connectivity index (χ0v) is 11.5. The highest BCUT2D eigenvalue weighted by Gasteiger charge is 2.39. The highest BCUT2D eigenvalue weighted by atomic mass is 28.4. The first-order chi connectivity index (χ1) is 8.10. The second-order valence-electron chi connectivity index (χ2n) is 3.18. The van der Waals surface area contributed by atoms with Gasteiger partial charge in [-0.15, -0.1) is 6.58 Å². The van der Waals surface area contributed by atoms with E-state index in [-0.39, 0.29) is 0 Å². The summed E-state index contributed by atoms with van der Waals surface area (Å²) in [4.78, 5) is 10.5. The van der Waals surface area contributed by atoms with E-state index in [2.05, 4.69) is 11.9 Å². The van der Waals surface area contributed by atoms with Crippen molar-refractivity contribution in [3.05, 3.63) is 12.7 Å². The lowest BCUT2D eigenvalue weighted by atomic mass is 10.7. The highest BCUT2D eigenvalue weighted by molar-refractivity contribution is 6.61. The molecule has 0 aromatic heterocycles. The fourth-order valence-corrected chi connectivity index (χ4v) is 3.55. The summed E-state index contributed by atoms with van der Waals surface area (Å²) in [6.07, 6.45) is 1.72. The number of rotatable bonds is 10. The number of urea groups is 1. The van der Waals surface area contributed by atoms with Crippen molar-refractivity contribution in [1.29, 1.82) is 0 Å². The Morgan fingerprint density at radius 1 is 1.35 bits per heavy atom. The summed E-state index contributed by atoms with van der Waals surface area (Å²) in [6.45, 7) is 9.12.